The fourth-order valence-electron chi connectivity index (χ4n) is 1.34. The molecule has 0 saturated carbocycles. The minimum atomic E-state index is -0.327. The molecular weight excluding hydrogens is 209 g/mol. The van der Waals surface area contributed by atoms with Crippen molar-refractivity contribution in [2.24, 2.45) is 0 Å². The summed E-state index contributed by atoms with van der Waals surface area (Å²) >= 11 is 0. The number of nitrogens with one attached hydrogen (secondary N) is 1. The predicted molar refractivity (Wildman–Crippen MR) is 61.2 cm³/mol. The fourth-order valence-corrected chi connectivity index (χ4v) is 1.34. The molecule has 0 aliphatic heterocycles. The van der Waals surface area contributed by atoms with Gasteiger partial charge < -0.3 is 14.8 Å². The first-order valence-electron chi connectivity index (χ1n) is 5.39. The van der Waals surface area contributed by atoms with Crippen LogP contribution in [0.5, 0.6) is 5.75 Å². The number of halogens is 1. The molecule has 0 heterocycles. The summed E-state index contributed by atoms with van der Waals surface area (Å²) in [6.45, 7) is 4.26. The number of hydrogen-bond donors (Lipinski definition) is 1. The molecule has 1 aromatic rings. The van der Waals surface area contributed by atoms with E-state index in [0.717, 1.165) is 12.1 Å². The molecule has 3 nitrogen and oxygen atoms in total. The van der Waals surface area contributed by atoms with Crippen molar-refractivity contribution in [2.75, 3.05) is 26.9 Å². The zero-order valence-corrected chi connectivity index (χ0v) is 9.75. The normalized spacial score (nSPS) is 10.4. The van der Waals surface area contributed by atoms with Crippen LogP contribution < -0.4 is 10.1 Å². The van der Waals surface area contributed by atoms with Crippen LogP contribution in [-0.4, -0.2) is 26.9 Å². The molecule has 0 unspecified atom stereocenters. The van der Waals surface area contributed by atoms with Gasteiger partial charge in [0.05, 0.1) is 6.61 Å². The average Bonchev–Trinajstić information content (AvgIpc) is 2.29. The second-order valence-corrected chi connectivity index (χ2v) is 3.35. The van der Waals surface area contributed by atoms with E-state index in [9.17, 15) is 4.39 Å². The fraction of sp³-hybridized carbons (Fsp3) is 0.500. The lowest BCUT2D eigenvalue weighted by Crippen LogP contribution is -2.14. The molecule has 0 fully saturated rings. The Hall–Kier alpha value is -1.13. The van der Waals surface area contributed by atoms with Gasteiger partial charge in [0.2, 0.25) is 0 Å². The Balaban J connectivity index is 2.69. The van der Waals surface area contributed by atoms with Crippen molar-refractivity contribution in [1.29, 1.82) is 0 Å². The Kier molecular flexibility index (Phi) is 5.82. The minimum Gasteiger partial charge on any atom is -0.488 e. The lowest BCUT2D eigenvalue weighted by Gasteiger charge is -2.12. The Morgan fingerprint density at radius 3 is 2.81 bits per heavy atom. The van der Waals surface area contributed by atoms with Crippen LogP contribution in [0.2, 0.25) is 0 Å². The summed E-state index contributed by atoms with van der Waals surface area (Å²) in [5.41, 5.74) is 0.831. The van der Waals surface area contributed by atoms with Crippen LogP contribution >= 0.6 is 0 Å². The predicted octanol–water partition coefficient (Wildman–Crippen LogP) is 1.96. The molecule has 0 bridgehead atoms. The monoisotopic (exact) mass is 227 g/mol. The third kappa shape index (κ3) is 3.79. The summed E-state index contributed by atoms with van der Waals surface area (Å²) in [5.74, 6) is -0.00740. The Bertz CT molecular complexity index is 318. The minimum absolute atomic E-state index is 0.320. The molecule has 0 amide bonds. The molecule has 0 saturated heterocycles. The third-order valence-corrected chi connectivity index (χ3v) is 2.15. The van der Waals surface area contributed by atoms with Crippen LogP contribution in [0.3, 0.4) is 0 Å². The molecule has 0 aliphatic rings. The van der Waals surface area contributed by atoms with Gasteiger partial charge in [-0.2, -0.15) is 0 Å². The maximum absolute atomic E-state index is 13.5. The standard InChI is InChI=1S/C12H18FNO2/c1-3-14-9-10-5-4-6-11(13)12(10)16-8-7-15-2/h4-6,14H,3,7-9H2,1-2H3. The maximum atomic E-state index is 13.5. The van der Waals surface area contributed by atoms with Gasteiger partial charge in [0, 0.05) is 19.2 Å². The van der Waals surface area contributed by atoms with E-state index in [1.54, 1.807) is 13.2 Å². The lowest BCUT2D eigenvalue weighted by atomic mass is 10.2. The topological polar surface area (TPSA) is 30.5 Å². The van der Waals surface area contributed by atoms with Crippen molar-refractivity contribution < 1.29 is 13.9 Å². The molecule has 90 valence electrons. The van der Waals surface area contributed by atoms with Gasteiger partial charge in [-0.15, -0.1) is 0 Å². The average molecular weight is 227 g/mol. The first-order chi connectivity index (χ1) is 7.79. The Morgan fingerprint density at radius 1 is 1.31 bits per heavy atom. The van der Waals surface area contributed by atoms with E-state index in [4.69, 9.17) is 9.47 Å². The molecule has 16 heavy (non-hydrogen) atoms. The van der Waals surface area contributed by atoms with Crippen molar-refractivity contribution in [3.05, 3.63) is 29.6 Å². The molecule has 1 rings (SSSR count). The molecule has 0 atom stereocenters. The van der Waals surface area contributed by atoms with Gasteiger partial charge in [0.1, 0.15) is 6.61 Å². The van der Waals surface area contributed by atoms with Crippen molar-refractivity contribution in [2.45, 2.75) is 13.5 Å². The highest BCUT2D eigenvalue weighted by molar-refractivity contribution is 5.34. The maximum Gasteiger partial charge on any atom is 0.165 e. The van der Waals surface area contributed by atoms with Gasteiger partial charge in [-0.25, -0.2) is 4.39 Å². The van der Waals surface area contributed by atoms with Crippen LogP contribution in [0.25, 0.3) is 0 Å². The van der Waals surface area contributed by atoms with Gasteiger partial charge in [0.25, 0.3) is 0 Å². The van der Waals surface area contributed by atoms with E-state index >= 15 is 0 Å². The molecule has 1 N–H and O–H groups in total. The Labute approximate surface area is 95.6 Å². The number of methoxy groups -OCH3 is 1. The zero-order chi connectivity index (χ0) is 11.8. The summed E-state index contributed by atoms with van der Waals surface area (Å²) in [7, 11) is 1.59. The third-order valence-electron chi connectivity index (χ3n) is 2.15. The van der Waals surface area contributed by atoms with Crippen molar-refractivity contribution in [3.63, 3.8) is 0 Å². The quantitative estimate of drug-likeness (QED) is 0.722. The summed E-state index contributed by atoms with van der Waals surface area (Å²) < 4.78 is 23.7. The number of ether oxygens (including phenoxy) is 2. The first kappa shape index (κ1) is 12.9. The van der Waals surface area contributed by atoms with Gasteiger partial charge in [-0.05, 0) is 12.6 Å². The largest absolute Gasteiger partial charge is 0.488 e. The van der Waals surface area contributed by atoms with E-state index < -0.39 is 0 Å². The van der Waals surface area contributed by atoms with E-state index in [-0.39, 0.29) is 5.82 Å². The lowest BCUT2D eigenvalue weighted by molar-refractivity contribution is 0.143. The molecular formula is C12H18FNO2. The second kappa shape index (κ2) is 7.19. The number of benzene rings is 1. The van der Waals surface area contributed by atoms with Crippen LogP contribution in [0.1, 0.15) is 12.5 Å². The first-order valence-corrected chi connectivity index (χ1v) is 5.39. The molecule has 0 aromatic heterocycles. The van der Waals surface area contributed by atoms with E-state index in [1.807, 2.05) is 13.0 Å². The van der Waals surface area contributed by atoms with Crippen molar-refractivity contribution >= 4 is 0 Å². The van der Waals surface area contributed by atoms with E-state index in [2.05, 4.69) is 5.32 Å². The summed E-state index contributed by atoms with van der Waals surface area (Å²) in [6, 6.07) is 4.94. The highest BCUT2D eigenvalue weighted by atomic mass is 19.1. The second-order valence-electron chi connectivity index (χ2n) is 3.35. The molecule has 4 heteroatoms. The van der Waals surface area contributed by atoms with Gasteiger partial charge >= 0.3 is 0 Å². The van der Waals surface area contributed by atoms with Gasteiger partial charge in [-0.1, -0.05) is 19.1 Å². The highest BCUT2D eigenvalue weighted by Gasteiger charge is 2.08. The van der Waals surface area contributed by atoms with Crippen LogP contribution in [0, 0.1) is 5.82 Å². The van der Waals surface area contributed by atoms with Gasteiger partial charge in [-0.3, -0.25) is 0 Å². The zero-order valence-electron chi connectivity index (χ0n) is 9.75. The number of para-hydroxylation sites is 1. The number of hydrogen-bond acceptors (Lipinski definition) is 3. The number of rotatable bonds is 7. The highest BCUT2D eigenvalue weighted by Crippen LogP contribution is 2.22. The molecule has 1 aromatic carbocycles. The van der Waals surface area contributed by atoms with Crippen molar-refractivity contribution in [1.82, 2.24) is 5.32 Å². The Morgan fingerprint density at radius 2 is 2.12 bits per heavy atom. The van der Waals surface area contributed by atoms with Crippen molar-refractivity contribution in [3.8, 4) is 5.75 Å². The van der Waals surface area contributed by atoms with E-state index in [1.165, 1.54) is 6.07 Å². The van der Waals surface area contributed by atoms with Crippen LogP contribution in [-0.2, 0) is 11.3 Å². The molecule has 0 radical (unpaired) electrons. The van der Waals surface area contributed by atoms with E-state index in [0.29, 0.717) is 25.5 Å². The van der Waals surface area contributed by atoms with Gasteiger partial charge in [0.15, 0.2) is 11.6 Å². The summed E-state index contributed by atoms with van der Waals surface area (Å²) in [4.78, 5) is 0. The molecule has 0 spiro atoms. The summed E-state index contributed by atoms with van der Waals surface area (Å²) in [6.07, 6.45) is 0. The SMILES string of the molecule is CCNCc1cccc(F)c1OCCOC. The van der Waals surface area contributed by atoms with Crippen LogP contribution in [0.4, 0.5) is 4.39 Å². The summed E-state index contributed by atoms with van der Waals surface area (Å²) in [5, 5.41) is 3.14. The smallest absolute Gasteiger partial charge is 0.165 e. The molecule has 0 aliphatic carbocycles. The van der Waals surface area contributed by atoms with Crippen LogP contribution in [0.15, 0.2) is 18.2 Å².